The Balaban J connectivity index is 1.54. The number of aromatic nitrogens is 2. The van der Waals surface area contributed by atoms with E-state index in [9.17, 15) is 4.79 Å². The molecule has 2 heterocycles. The van der Waals surface area contributed by atoms with E-state index < -0.39 is 0 Å². The number of benzene rings is 1. The molecule has 1 fully saturated rings. The SMILES string of the molecule is COc1ccccc1NC(=O)N1CCCC(COc2ncc(Br)cn2)C1. The van der Waals surface area contributed by atoms with Crippen molar-refractivity contribution in [3.05, 3.63) is 41.1 Å². The Morgan fingerprint density at radius 1 is 1.35 bits per heavy atom. The summed E-state index contributed by atoms with van der Waals surface area (Å²) >= 11 is 3.29. The van der Waals surface area contributed by atoms with Crippen LogP contribution in [0.2, 0.25) is 0 Å². The first-order valence-electron chi connectivity index (χ1n) is 8.45. The minimum atomic E-state index is -0.126. The molecule has 0 radical (unpaired) electrons. The number of piperidine rings is 1. The maximum absolute atomic E-state index is 12.6. The number of nitrogens with zero attached hydrogens (tertiary/aromatic N) is 3. The van der Waals surface area contributed by atoms with Crippen molar-refractivity contribution < 1.29 is 14.3 Å². The van der Waals surface area contributed by atoms with Gasteiger partial charge in [-0.15, -0.1) is 0 Å². The zero-order chi connectivity index (χ0) is 18.4. The zero-order valence-electron chi connectivity index (χ0n) is 14.5. The Kier molecular flexibility index (Phi) is 6.27. The average Bonchev–Trinajstić information content (AvgIpc) is 2.68. The van der Waals surface area contributed by atoms with Crippen LogP contribution in [0.3, 0.4) is 0 Å². The molecule has 26 heavy (non-hydrogen) atoms. The van der Waals surface area contributed by atoms with E-state index in [0.29, 0.717) is 30.6 Å². The number of hydrogen-bond donors (Lipinski definition) is 1. The number of carbonyl (C=O) groups is 1. The number of ether oxygens (including phenoxy) is 2. The van der Waals surface area contributed by atoms with Gasteiger partial charge in [0.25, 0.3) is 0 Å². The molecule has 1 unspecified atom stereocenters. The number of rotatable bonds is 5. The van der Waals surface area contributed by atoms with Crippen molar-refractivity contribution in [2.24, 2.45) is 5.92 Å². The van der Waals surface area contributed by atoms with Gasteiger partial charge in [-0.1, -0.05) is 12.1 Å². The van der Waals surface area contributed by atoms with E-state index in [4.69, 9.17) is 9.47 Å². The first kappa shape index (κ1) is 18.4. The van der Waals surface area contributed by atoms with Gasteiger partial charge in [0.1, 0.15) is 5.75 Å². The fourth-order valence-corrected chi connectivity index (χ4v) is 3.10. The van der Waals surface area contributed by atoms with E-state index in [1.807, 2.05) is 29.2 Å². The quantitative estimate of drug-likeness (QED) is 0.799. The number of likely N-dealkylation sites (tertiary alicyclic amines) is 1. The van der Waals surface area contributed by atoms with Gasteiger partial charge in [0.2, 0.25) is 0 Å². The summed E-state index contributed by atoms with van der Waals surface area (Å²) in [5, 5.41) is 2.92. The molecule has 0 aliphatic carbocycles. The Morgan fingerprint density at radius 2 is 2.12 bits per heavy atom. The smallest absolute Gasteiger partial charge is 0.321 e. The van der Waals surface area contributed by atoms with Crippen LogP contribution >= 0.6 is 15.9 Å². The van der Waals surface area contributed by atoms with Gasteiger partial charge in [0, 0.05) is 31.4 Å². The molecule has 1 N–H and O–H groups in total. The molecule has 2 aromatic rings. The highest BCUT2D eigenvalue weighted by Gasteiger charge is 2.25. The van der Waals surface area contributed by atoms with Crippen molar-refractivity contribution in [1.82, 2.24) is 14.9 Å². The zero-order valence-corrected chi connectivity index (χ0v) is 16.1. The molecule has 1 aliphatic heterocycles. The normalized spacial score (nSPS) is 16.8. The van der Waals surface area contributed by atoms with Crippen LogP contribution in [0.5, 0.6) is 11.8 Å². The lowest BCUT2D eigenvalue weighted by molar-refractivity contribution is 0.140. The van der Waals surface area contributed by atoms with Crippen LogP contribution in [0.25, 0.3) is 0 Å². The predicted octanol–water partition coefficient (Wildman–Crippen LogP) is 3.57. The summed E-state index contributed by atoms with van der Waals surface area (Å²) in [6.07, 6.45) is 5.25. The van der Waals surface area contributed by atoms with Crippen molar-refractivity contribution in [3.63, 3.8) is 0 Å². The van der Waals surface area contributed by atoms with Crippen molar-refractivity contribution in [2.75, 3.05) is 32.1 Å². The molecule has 1 saturated heterocycles. The third kappa shape index (κ3) is 4.85. The number of anilines is 1. The number of halogens is 1. The third-order valence-corrected chi connectivity index (χ3v) is 4.61. The van der Waals surface area contributed by atoms with Crippen molar-refractivity contribution in [2.45, 2.75) is 12.8 Å². The van der Waals surface area contributed by atoms with E-state index >= 15 is 0 Å². The first-order valence-corrected chi connectivity index (χ1v) is 9.24. The molecule has 2 amide bonds. The summed E-state index contributed by atoms with van der Waals surface area (Å²) < 4.78 is 11.7. The second-order valence-corrected chi connectivity index (χ2v) is 7.00. The van der Waals surface area contributed by atoms with Crippen molar-refractivity contribution in [1.29, 1.82) is 0 Å². The molecule has 1 aliphatic rings. The highest BCUT2D eigenvalue weighted by atomic mass is 79.9. The second kappa shape index (κ2) is 8.84. The molecule has 0 saturated carbocycles. The molecule has 0 spiro atoms. The molecular weight excluding hydrogens is 400 g/mol. The molecule has 7 nitrogen and oxygen atoms in total. The molecule has 138 valence electrons. The van der Waals surface area contributed by atoms with Gasteiger partial charge in [-0.3, -0.25) is 0 Å². The number of carbonyl (C=O) groups excluding carboxylic acids is 1. The largest absolute Gasteiger partial charge is 0.495 e. The highest BCUT2D eigenvalue weighted by Crippen LogP contribution is 2.24. The van der Waals surface area contributed by atoms with E-state index in [2.05, 4.69) is 31.2 Å². The van der Waals surface area contributed by atoms with E-state index in [-0.39, 0.29) is 11.9 Å². The fraction of sp³-hybridized carbons (Fsp3) is 0.389. The van der Waals surface area contributed by atoms with Crippen LogP contribution in [0.1, 0.15) is 12.8 Å². The van der Waals surface area contributed by atoms with Crippen molar-refractivity contribution in [3.8, 4) is 11.8 Å². The molecule has 1 atom stereocenters. The predicted molar refractivity (Wildman–Crippen MR) is 102 cm³/mol. The van der Waals surface area contributed by atoms with Gasteiger partial charge in [-0.2, -0.15) is 0 Å². The number of urea groups is 1. The van der Waals surface area contributed by atoms with Gasteiger partial charge in [0.15, 0.2) is 0 Å². The summed E-state index contributed by atoms with van der Waals surface area (Å²) in [5.74, 6) is 0.893. The van der Waals surface area contributed by atoms with Crippen molar-refractivity contribution >= 4 is 27.6 Å². The first-order chi connectivity index (χ1) is 12.7. The van der Waals surface area contributed by atoms with Gasteiger partial charge in [-0.05, 0) is 40.9 Å². The Morgan fingerprint density at radius 3 is 2.88 bits per heavy atom. The fourth-order valence-electron chi connectivity index (χ4n) is 2.90. The van der Waals surface area contributed by atoms with Gasteiger partial charge in [-0.25, -0.2) is 14.8 Å². The van der Waals surface area contributed by atoms with Crippen LogP contribution in [0.15, 0.2) is 41.1 Å². The van der Waals surface area contributed by atoms with Gasteiger partial charge >= 0.3 is 12.0 Å². The maximum Gasteiger partial charge on any atom is 0.321 e. The molecule has 3 rings (SSSR count). The lowest BCUT2D eigenvalue weighted by Crippen LogP contribution is -2.43. The standard InChI is InChI=1S/C18H21BrN4O3/c1-25-16-7-3-2-6-15(16)22-18(24)23-8-4-5-13(11-23)12-26-17-20-9-14(19)10-21-17/h2-3,6-7,9-10,13H,4-5,8,11-12H2,1H3,(H,22,24). The third-order valence-electron chi connectivity index (χ3n) is 4.20. The minimum Gasteiger partial charge on any atom is -0.495 e. The Labute approximate surface area is 160 Å². The number of methoxy groups -OCH3 is 1. The van der Waals surface area contributed by atoms with Gasteiger partial charge < -0.3 is 19.7 Å². The lowest BCUT2D eigenvalue weighted by Gasteiger charge is -2.32. The average molecular weight is 421 g/mol. The summed E-state index contributed by atoms with van der Waals surface area (Å²) in [5.41, 5.74) is 0.668. The van der Waals surface area contributed by atoms with Crippen LogP contribution < -0.4 is 14.8 Å². The molecule has 1 aromatic carbocycles. The summed E-state index contributed by atoms with van der Waals surface area (Å²) in [7, 11) is 1.59. The van der Waals surface area contributed by atoms with E-state index in [1.54, 1.807) is 19.5 Å². The van der Waals surface area contributed by atoms with Crippen LogP contribution in [0, 0.1) is 5.92 Å². The summed E-state index contributed by atoms with van der Waals surface area (Å²) in [6, 6.07) is 7.60. The molecule has 1 aromatic heterocycles. The number of para-hydroxylation sites is 2. The Bertz CT molecular complexity index is 741. The second-order valence-electron chi connectivity index (χ2n) is 6.08. The lowest BCUT2D eigenvalue weighted by atomic mass is 9.99. The van der Waals surface area contributed by atoms with Crippen LogP contribution in [0.4, 0.5) is 10.5 Å². The minimum absolute atomic E-state index is 0.126. The topological polar surface area (TPSA) is 76.6 Å². The monoisotopic (exact) mass is 420 g/mol. The van der Waals surface area contributed by atoms with Crippen LogP contribution in [-0.4, -0.2) is 47.7 Å². The van der Waals surface area contributed by atoms with Crippen LogP contribution in [-0.2, 0) is 0 Å². The molecule has 8 heteroatoms. The molecule has 0 bridgehead atoms. The van der Waals surface area contributed by atoms with E-state index in [0.717, 1.165) is 23.9 Å². The van der Waals surface area contributed by atoms with Gasteiger partial charge in [0.05, 0.1) is 23.9 Å². The Hall–Kier alpha value is -2.35. The highest BCUT2D eigenvalue weighted by molar-refractivity contribution is 9.10. The number of hydrogen-bond acceptors (Lipinski definition) is 5. The molecular formula is C18H21BrN4O3. The summed E-state index contributed by atoms with van der Waals surface area (Å²) in [6.45, 7) is 1.85. The number of amides is 2. The maximum atomic E-state index is 12.6. The summed E-state index contributed by atoms with van der Waals surface area (Å²) in [4.78, 5) is 22.6. The van der Waals surface area contributed by atoms with E-state index in [1.165, 1.54) is 0 Å². The number of nitrogens with one attached hydrogen (secondary N) is 1.